The van der Waals surface area contributed by atoms with Crippen LogP contribution < -0.4 is 5.73 Å². The van der Waals surface area contributed by atoms with E-state index in [0.29, 0.717) is 18.4 Å². The molecule has 1 fully saturated rings. The number of amides is 1. The lowest BCUT2D eigenvalue weighted by Crippen LogP contribution is -2.42. The van der Waals surface area contributed by atoms with Gasteiger partial charge in [0.2, 0.25) is 5.91 Å². The van der Waals surface area contributed by atoms with Crippen LogP contribution in [0.25, 0.3) is 0 Å². The highest BCUT2D eigenvalue weighted by Gasteiger charge is 2.26. The SMILES string of the molecule is CN(CCCN)C(=O)CCN1CCCC(C)(C)C1. The second-order valence-corrected chi connectivity index (χ2v) is 6.25. The third-order valence-electron chi connectivity index (χ3n) is 3.74. The highest BCUT2D eigenvalue weighted by Crippen LogP contribution is 2.28. The van der Waals surface area contributed by atoms with E-state index in [-0.39, 0.29) is 5.91 Å². The van der Waals surface area contributed by atoms with Crippen LogP contribution in [0.2, 0.25) is 0 Å². The van der Waals surface area contributed by atoms with Gasteiger partial charge in [-0.25, -0.2) is 0 Å². The summed E-state index contributed by atoms with van der Waals surface area (Å²) in [5, 5.41) is 0. The Kier molecular flexibility index (Phi) is 6.09. The van der Waals surface area contributed by atoms with Gasteiger partial charge in [-0.3, -0.25) is 4.79 Å². The lowest BCUT2D eigenvalue weighted by atomic mass is 9.84. The van der Waals surface area contributed by atoms with Crippen molar-refractivity contribution in [3.05, 3.63) is 0 Å². The van der Waals surface area contributed by atoms with E-state index in [1.807, 2.05) is 11.9 Å². The van der Waals surface area contributed by atoms with E-state index in [0.717, 1.165) is 32.6 Å². The molecule has 0 bridgehead atoms. The first-order valence-corrected chi connectivity index (χ1v) is 7.11. The summed E-state index contributed by atoms with van der Waals surface area (Å²) in [5.74, 6) is 0.242. The average molecular weight is 255 g/mol. The number of carbonyl (C=O) groups excluding carboxylic acids is 1. The number of likely N-dealkylation sites (tertiary alicyclic amines) is 1. The summed E-state index contributed by atoms with van der Waals surface area (Å²) < 4.78 is 0. The van der Waals surface area contributed by atoms with E-state index in [9.17, 15) is 4.79 Å². The Hall–Kier alpha value is -0.610. The molecule has 4 heteroatoms. The largest absolute Gasteiger partial charge is 0.346 e. The summed E-state index contributed by atoms with van der Waals surface area (Å²) in [6.07, 6.45) is 4.08. The number of hydrogen-bond donors (Lipinski definition) is 1. The van der Waals surface area contributed by atoms with Crippen LogP contribution in [0.15, 0.2) is 0 Å². The summed E-state index contributed by atoms with van der Waals surface area (Å²) in [5.41, 5.74) is 5.86. The van der Waals surface area contributed by atoms with Crippen molar-refractivity contribution in [3.8, 4) is 0 Å². The Morgan fingerprint density at radius 2 is 2.17 bits per heavy atom. The molecule has 0 unspecified atom stereocenters. The van der Waals surface area contributed by atoms with Gasteiger partial charge >= 0.3 is 0 Å². The Bertz CT molecular complexity index is 266. The molecule has 2 N–H and O–H groups in total. The van der Waals surface area contributed by atoms with Crippen LogP contribution in [0, 0.1) is 5.41 Å². The van der Waals surface area contributed by atoms with Gasteiger partial charge in [-0.05, 0) is 37.8 Å². The molecule has 18 heavy (non-hydrogen) atoms. The second-order valence-electron chi connectivity index (χ2n) is 6.25. The van der Waals surface area contributed by atoms with Crippen molar-refractivity contribution in [2.45, 2.75) is 39.5 Å². The molecule has 0 saturated carbocycles. The van der Waals surface area contributed by atoms with E-state index in [4.69, 9.17) is 5.73 Å². The summed E-state index contributed by atoms with van der Waals surface area (Å²) in [6, 6.07) is 0. The summed E-state index contributed by atoms with van der Waals surface area (Å²) in [6.45, 7) is 9.21. The number of rotatable bonds is 6. The predicted molar refractivity (Wildman–Crippen MR) is 75.4 cm³/mol. The van der Waals surface area contributed by atoms with Crippen molar-refractivity contribution < 1.29 is 4.79 Å². The maximum atomic E-state index is 11.9. The van der Waals surface area contributed by atoms with Gasteiger partial charge in [0, 0.05) is 33.1 Å². The van der Waals surface area contributed by atoms with Gasteiger partial charge < -0.3 is 15.5 Å². The first kappa shape index (κ1) is 15.4. The van der Waals surface area contributed by atoms with Crippen LogP contribution in [0.4, 0.5) is 0 Å². The van der Waals surface area contributed by atoms with Gasteiger partial charge in [0.25, 0.3) is 0 Å². The van der Waals surface area contributed by atoms with Gasteiger partial charge in [0.15, 0.2) is 0 Å². The molecular formula is C14H29N3O. The highest BCUT2D eigenvalue weighted by atomic mass is 16.2. The maximum Gasteiger partial charge on any atom is 0.223 e. The minimum absolute atomic E-state index is 0.242. The molecular weight excluding hydrogens is 226 g/mol. The van der Waals surface area contributed by atoms with E-state index >= 15 is 0 Å². The second kappa shape index (κ2) is 7.10. The van der Waals surface area contributed by atoms with Crippen molar-refractivity contribution in [2.75, 3.05) is 39.8 Å². The molecule has 0 aromatic carbocycles. The molecule has 0 aromatic heterocycles. The molecule has 1 rings (SSSR count). The molecule has 1 saturated heterocycles. The first-order chi connectivity index (χ1) is 8.44. The molecule has 1 aliphatic heterocycles. The molecule has 0 aromatic rings. The third-order valence-corrected chi connectivity index (χ3v) is 3.74. The molecule has 1 heterocycles. The molecule has 0 spiro atoms. The zero-order valence-corrected chi connectivity index (χ0v) is 12.2. The van der Waals surface area contributed by atoms with Crippen LogP contribution in [0.3, 0.4) is 0 Å². The van der Waals surface area contributed by atoms with Crippen molar-refractivity contribution in [3.63, 3.8) is 0 Å². The molecule has 1 aliphatic rings. The van der Waals surface area contributed by atoms with Crippen molar-refractivity contribution >= 4 is 5.91 Å². The van der Waals surface area contributed by atoms with E-state index in [2.05, 4.69) is 18.7 Å². The van der Waals surface area contributed by atoms with Crippen LogP contribution in [-0.4, -0.2) is 55.5 Å². The number of piperidine rings is 1. The minimum atomic E-state index is 0.242. The minimum Gasteiger partial charge on any atom is -0.346 e. The Morgan fingerprint density at radius 1 is 1.44 bits per heavy atom. The molecule has 1 amide bonds. The van der Waals surface area contributed by atoms with E-state index < -0.39 is 0 Å². The Morgan fingerprint density at radius 3 is 2.78 bits per heavy atom. The highest BCUT2D eigenvalue weighted by molar-refractivity contribution is 5.76. The number of nitrogens with two attached hydrogens (primary N) is 1. The Balaban J connectivity index is 2.25. The fourth-order valence-electron chi connectivity index (χ4n) is 2.63. The zero-order valence-electron chi connectivity index (χ0n) is 12.2. The predicted octanol–water partition coefficient (Wildman–Crippen LogP) is 1.31. The van der Waals surface area contributed by atoms with Crippen molar-refractivity contribution in [1.29, 1.82) is 0 Å². The lowest BCUT2D eigenvalue weighted by molar-refractivity contribution is -0.130. The molecule has 106 valence electrons. The fraction of sp³-hybridized carbons (Fsp3) is 0.929. The van der Waals surface area contributed by atoms with Crippen molar-refractivity contribution in [2.24, 2.45) is 11.1 Å². The number of hydrogen-bond acceptors (Lipinski definition) is 3. The molecule has 0 atom stereocenters. The number of carbonyl (C=O) groups is 1. The Labute approximate surface area is 111 Å². The summed E-state index contributed by atoms with van der Waals surface area (Å²) in [7, 11) is 1.87. The number of nitrogens with zero attached hydrogens (tertiary/aromatic N) is 2. The van der Waals surface area contributed by atoms with Crippen LogP contribution >= 0.6 is 0 Å². The van der Waals surface area contributed by atoms with Gasteiger partial charge in [0.1, 0.15) is 0 Å². The quantitative estimate of drug-likeness (QED) is 0.778. The monoisotopic (exact) mass is 255 g/mol. The summed E-state index contributed by atoms with van der Waals surface area (Å²) in [4.78, 5) is 16.1. The van der Waals surface area contributed by atoms with E-state index in [1.54, 1.807) is 0 Å². The zero-order chi connectivity index (χ0) is 13.6. The third kappa shape index (κ3) is 5.36. The first-order valence-electron chi connectivity index (χ1n) is 7.11. The van der Waals surface area contributed by atoms with Crippen LogP contribution in [0.5, 0.6) is 0 Å². The van der Waals surface area contributed by atoms with Gasteiger partial charge in [-0.15, -0.1) is 0 Å². The fourth-order valence-corrected chi connectivity index (χ4v) is 2.63. The maximum absolute atomic E-state index is 11.9. The normalized spacial score (nSPS) is 19.8. The molecule has 4 nitrogen and oxygen atoms in total. The van der Waals surface area contributed by atoms with Gasteiger partial charge in [-0.1, -0.05) is 13.8 Å². The summed E-state index contributed by atoms with van der Waals surface area (Å²) >= 11 is 0. The van der Waals surface area contributed by atoms with Crippen LogP contribution in [-0.2, 0) is 4.79 Å². The van der Waals surface area contributed by atoms with Gasteiger partial charge in [-0.2, -0.15) is 0 Å². The van der Waals surface area contributed by atoms with Crippen molar-refractivity contribution in [1.82, 2.24) is 9.80 Å². The van der Waals surface area contributed by atoms with Crippen LogP contribution in [0.1, 0.15) is 39.5 Å². The van der Waals surface area contributed by atoms with E-state index in [1.165, 1.54) is 12.8 Å². The smallest absolute Gasteiger partial charge is 0.223 e. The topological polar surface area (TPSA) is 49.6 Å². The van der Waals surface area contributed by atoms with Gasteiger partial charge in [0.05, 0.1) is 0 Å². The molecule has 0 aliphatic carbocycles. The standard InChI is InChI=1S/C14H29N3O/c1-14(2)7-4-10-17(12-14)11-6-13(18)16(3)9-5-8-15/h4-12,15H2,1-3H3. The molecule has 0 radical (unpaired) electrons. The average Bonchev–Trinajstić information content (AvgIpc) is 2.31. The lowest BCUT2D eigenvalue weighted by Gasteiger charge is -2.38.